The summed E-state index contributed by atoms with van der Waals surface area (Å²) < 4.78 is 38.8. The molecule has 1 fully saturated rings. The third-order valence-electron chi connectivity index (χ3n) is 4.81. The molecular weight excluding hydrogens is 543 g/mol. The van der Waals surface area contributed by atoms with Crippen LogP contribution in [0.15, 0.2) is 26.7 Å². The minimum Gasteiger partial charge on any atom is -0.357 e. The number of thiophene rings is 1. The van der Waals surface area contributed by atoms with Gasteiger partial charge in [-0.15, -0.1) is 35.3 Å². The van der Waals surface area contributed by atoms with E-state index >= 15 is 0 Å². The van der Waals surface area contributed by atoms with E-state index in [0.717, 1.165) is 32.2 Å². The number of aliphatic imine (C=N–C) groups is 1. The Hall–Kier alpha value is -0.240. The van der Waals surface area contributed by atoms with Gasteiger partial charge in [0.25, 0.3) is 10.0 Å². The van der Waals surface area contributed by atoms with Crippen LogP contribution in [0.1, 0.15) is 39.5 Å². The Kier molecular flexibility index (Phi) is 12.2. The zero-order valence-electron chi connectivity index (χ0n) is 17.3. The normalized spacial score (nSPS) is 21.4. The van der Waals surface area contributed by atoms with Gasteiger partial charge in [0.1, 0.15) is 4.21 Å². The van der Waals surface area contributed by atoms with E-state index in [1.54, 1.807) is 24.6 Å². The maximum Gasteiger partial charge on any atom is 0.252 e. The van der Waals surface area contributed by atoms with Gasteiger partial charge in [-0.25, -0.2) is 8.42 Å². The topological polar surface area (TPSA) is 90.9 Å². The first-order valence-electron chi connectivity index (χ1n) is 9.80. The van der Waals surface area contributed by atoms with Crippen LogP contribution in [0.25, 0.3) is 0 Å². The molecule has 0 aliphatic heterocycles. The third-order valence-corrected chi connectivity index (χ3v) is 9.78. The van der Waals surface area contributed by atoms with Crippen molar-refractivity contribution in [1.29, 1.82) is 0 Å². The molecule has 1 aromatic heterocycles. The summed E-state index contributed by atoms with van der Waals surface area (Å²) in [6.45, 7) is 5.38. The highest BCUT2D eigenvalue weighted by Gasteiger charge is 2.26. The van der Waals surface area contributed by atoms with E-state index < -0.39 is 20.8 Å². The molecule has 0 radical (unpaired) electrons. The van der Waals surface area contributed by atoms with Gasteiger partial charge >= 0.3 is 0 Å². The van der Waals surface area contributed by atoms with Gasteiger partial charge < -0.3 is 10.6 Å². The van der Waals surface area contributed by atoms with E-state index in [0.29, 0.717) is 29.0 Å². The molecule has 29 heavy (non-hydrogen) atoms. The SMILES string of the molecule is CCNC(=NCCN(C)S(=O)(=O)c1cccs1)NC1CCCC(S(=O)CC)C1.I. The number of hydrogen-bond acceptors (Lipinski definition) is 5. The maximum atomic E-state index is 12.5. The summed E-state index contributed by atoms with van der Waals surface area (Å²) in [5.74, 6) is 1.40. The molecule has 0 saturated heterocycles. The van der Waals surface area contributed by atoms with Crippen molar-refractivity contribution in [2.75, 3.05) is 32.4 Å². The van der Waals surface area contributed by atoms with Crippen molar-refractivity contribution in [3.05, 3.63) is 17.5 Å². The molecule has 0 spiro atoms. The predicted molar refractivity (Wildman–Crippen MR) is 133 cm³/mol. The van der Waals surface area contributed by atoms with E-state index in [2.05, 4.69) is 15.6 Å². The smallest absolute Gasteiger partial charge is 0.252 e. The average molecular weight is 577 g/mol. The molecule has 7 nitrogen and oxygen atoms in total. The lowest BCUT2D eigenvalue weighted by Gasteiger charge is -2.30. The lowest BCUT2D eigenvalue weighted by Crippen LogP contribution is -2.47. The van der Waals surface area contributed by atoms with Crippen LogP contribution in [0.5, 0.6) is 0 Å². The molecule has 1 heterocycles. The number of likely N-dealkylation sites (N-methyl/N-ethyl adjacent to an activating group) is 1. The van der Waals surface area contributed by atoms with E-state index in [9.17, 15) is 12.6 Å². The van der Waals surface area contributed by atoms with Gasteiger partial charge in [-0.3, -0.25) is 9.20 Å². The zero-order chi connectivity index (χ0) is 20.6. The Balaban J connectivity index is 0.00000420. The number of halogens is 1. The Bertz CT molecular complexity index is 756. The summed E-state index contributed by atoms with van der Waals surface area (Å²) >= 11 is 1.22. The highest BCUT2D eigenvalue weighted by atomic mass is 127. The molecule has 1 aliphatic rings. The molecule has 3 atom stereocenters. The van der Waals surface area contributed by atoms with Crippen molar-refractivity contribution >= 4 is 62.1 Å². The van der Waals surface area contributed by atoms with Gasteiger partial charge in [0.2, 0.25) is 0 Å². The van der Waals surface area contributed by atoms with Crippen LogP contribution < -0.4 is 10.6 Å². The molecule has 0 amide bonds. The zero-order valence-corrected chi connectivity index (χ0v) is 22.1. The number of rotatable bonds is 9. The van der Waals surface area contributed by atoms with Crippen LogP contribution in [-0.4, -0.2) is 66.6 Å². The van der Waals surface area contributed by atoms with Gasteiger partial charge in [0.05, 0.1) is 6.54 Å². The standard InChI is InChI=1S/C18H32N4O3S3.HI/c1-4-19-18(21-15-8-6-9-16(14-15)27(23)5-2)20-11-12-22(3)28(24,25)17-10-7-13-26-17;/h7,10,13,15-16H,4-6,8-9,11-12,14H2,1-3H3,(H2,19,20,21);1H. The molecule has 2 N–H and O–H groups in total. The summed E-state index contributed by atoms with van der Waals surface area (Å²) in [7, 11) is -2.63. The summed E-state index contributed by atoms with van der Waals surface area (Å²) in [6.07, 6.45) is 4.01. The summed E-state index contributed by atoms with van der Waals surface area (Å²) in [4.78, 5) is 4.55. The molecule has 1 aliphatic carbocycles. The van der Waals surface area contributed by atoms with Gasteiger partial charge in [0.15, 0.2) is 5.96 Å². The van der Waals surface area contributed by atoms with Crippen molar-refractivity contribution in [3.63, 3.8) is 0 Å². The molecule has 0 bridgehead atoms. The minimum atomic E-state index is -3.44. The van der Waals surface area contributed by atoms with Crippen LogP contribution in [-0.2, 0) is 20.8 Å². The highest BCUT2D eigenvalue weighted by molar-refractivity contribution is 14.0. The van der Waals surface area contributed by atoms with Crippen molar-refractivity contribution < 1.29 is 12.6 Å². The van der Waals surface area contributed by atoms with Gasteiger partial charge in [0, 0.05) is 48.0 Å². The van der Waals surface area contributed by atoms with E-state index in [-0.39, 0.29) is 35.3 Å². The fourth-order valence-corrected chi connectivity index (χ4v) is 6.96. The summed E-state index contributed by atoms with van der Waals surface area (Å²) in [5.41, 5.74) is 0. The number of sulfonamides is 1. The van der Waals surface area contributed by atoms with Crippen molar-refractivity contribution in [3.8, 4) is 0 Å². The molecule has 168 valence electrons. The Morgan fingerprint density at radius 2 is 2.14 bits per heavy atom. The first kappa shape index (κ1) is 26.8. The average Bonchev–Trinajstić information content (AvgIpc) is 3.23. The maximum absolute atomic E-state index is 12.5. The van der Waals surface area contributed by atoms with Crippen LogP contribution in [0.4, 0.5) is 0 Å². The first-order valence-corrected chi connectivity index (χ1v) is 13.5. The second-order valence-electron chi connectivity index (χ2n) is 6.82. The largest absolute Gasteiger partial charge is 0.357 e. The number of nitrogens with one attached hydrogen (secondary N) is 2. The van der Waals surface area contributed by atoms with Crippen molar-refractivity contribution in [1.82, 2.24) is 14.9 Å². The molecule has 2 rings (SSSR count). The second-order valence-corrected chi connectivity index (χ2v) is 12.0. The molecule has 0 aromatic carbocycles. The first-order chi connectivity index (χ1) is 13.4. The third kappa shape index (κ3) is 8.08. The quantitative estimate of drug-likeness (QED) is 0.268. The Morgan fingerprint density at radius 1 is 1.38 bits per heavy atom. The van der Waals surface area contributed by atoms with Crippen LogP contribution in [0.3, 0.4) is 0 Å². The summed E-state index contributed by atoms with van der Waals surface area (Å²) in [6, 6.07) is 3.60. The fraction of sp³-hybridized carbons (Fsp3) is 0.722. The lowest BCUT2D eigenvalue weighted by molar-refractivity contribution is 0.413. The number of hydrogen-bond donors (Lipinski definition) is 2. The minimum absolute atomic E-state index is 0. The van der Waals surface area contributed by atoms with Crippen molar-refractivity contribution in [2.24, 2.45) is 4.99 Å². The monoisotopic (exact) mass is 576 g/mol. The fourth-order valence-electron chi connectivity index (χ4n) is 3.25. The van der Waals surface area contributed by atoms with Crippen LogP contribution in [0.2, 0.25) is 0 Å². The highest BCUT2D eigenvalue weighted by Crippen LogP contribution is 2.23. The molecule has 1 saturated carbocycles. The number of guanidine groups is 1. The lowest BCUT2D eigenvalue weighted by atomic mass is 9.95. The van der Waals surface area contributed by atoms with Gasteiger partial charge in [-0.1, -0.05) is 19.4 Å². The summed E-state index contributed by atoms with van der Waals surface area (Å²) in [5, 5.41) is 8.68. The van der Waals surface area contributed by atoms with E-state index in [1.807, 2.05) is 13.8 Å². The molecular formula is C18H33IN4O3S3. The Labute approximate surface area is 198 Å². The van der Waals surface area contributed by atoms with E-state index in [1.165, 1.54) is 15.6 Å². The predicted octanol–water partition coefficient (Wildman–Crippen LogP) is 2.62. The van der Waals surface area contributed by atoms with Crippen molar-refractivity contribution in [2.45, 2.75) is 55.0 Å². The number of nitrogens with zero attached hydrogens (tertiary/aromatic N) is 2. The van der Waals surface area contributed by atoms with Crippen LogP contribution in [0, 0.1) is 0 Å². The Morgan fingerprint density at radius 3 is 2.76 bits per heavy atom. The molecule has 3 unspecified atom stereocenters. The molecule has 1 aromatic rings. The van der Waals surface area contributed by atoms with E-state index in [4.69, 9.17) is 0 Å². The second kappa shape index (κ2) is 13.2. The molecule has 11 heteroatoms. The van der Waals surface area contributed by atoms with Gasteiger partial charge in [-0.05, 0) is 37.6 Å². The van der Waals surface area contributed by atoms with Crippen LogP contribution >= 0.6 is 35.3 Å². The van der Waals surface area contributed by atoms with Gasteiger partial charge in [-0.2, -0.15) is 4.31 Å².